The van der Waals surface area contributed by atoms with Gasteiger partial charge in [-0.1, -0.05) is 26.8 Å². The van der Waals surface area contributed by atoms with Crippen molar-refractivity contribution in [3.05, 3.63) is 12.7 Å². The van der Waals surface area contributed by atoms with Crippen LogP contribution in [0.2, 0.25) is 18.1 Å². The van der Waals surface area contributed by atoms with E-state index >= 15 is 0 Å². The Morgan fingerprint density at radius 1 is 1.15 bits per heavy atom. The number of hydrogen-bond donors (Lipinski definition) is 0. The van der Waals surface area contributed by atoms with Gasteiger partial charge in [0.05, 0.1) is 6.10 Å². The van der Waals surface area contributed by atoms with Crippen LogP contribution in [-0.2, 0) is 13.9 Å². The molecule has 0 radical (unpaired) electrons. The quantitative estimate of drug-likeness (QED) is 0.418. The Hall–Kier alpha value is -0.163. The van der Waals surface area contributed by atoms with E-state index in [-0.39, 0.29) is 17.4 Å². The molecule has 1 saturated carbocycles. The number of hydrogen-bond acceptors (Lipinski definition) is 3. The maximum atomic E-state index is 6.59. The lowest BCUT2D eigenvalue weighted by Gasteiger charge is -2.40. The van der Waals surface area contributed by atoms with Crippen molar-refractivity contribution >= 4 is 8.32 Å². The van der Waals surface area contributed by atoms with Crippen molar-refractivity contribution in [3.8, 4) is 0 Å². The van der Waals surface area contributed by atoms with Crippen LogP contribution in [0.5, 0.6) is 0 Å². The minimum absolute atomic E-state index is 0.161. The number of rotatable bonds is 6. The lowest BCUT2D eigenvalue weighted by atomic mass is 9.94. The first-order valence-corrected chi connectivity index (χ1v) is 10.4. The van der Waals surface area contributed by atoms with Gasteiger partial charge in [0.25, 0.3) is 0 Å². The Morgan fingerprint density at radius 2 is 1.70 bits per heavy atom. The molecule has 3 atom stereocenters. The zero-order valence-electron chi connectivity index (χ0n) is 14.2. The Morgan fingerprint density at radius 3 is 2.10 bits per heavy atom. The molecular weight excluding hydrogens is 268 g/mol. The van der Waals surface area contributed by atoms with Crippen LogP contribution >= 0.6 is 0 Å². The first-order chi connectivity index (χ1) is 9.17. The highest BCUT2D eigenvalue weighted by Crippen LogP contribution is 2.44. The zero-order chi connectivity index (χ0) is 15.6. The third kappa shape index (κ3) is 3.73. The van der Waals surface area contributed by atoms with Gasteiger partial charge in [-0.3, -0.25) is 0 Å². The van der Waals surface area contributed by atoms with Gasteiger partial charge in [-0.05, 0) is 31.0 Å². The van der Waals surface area contributed by atoms with Gasteiger partial charge in [0.2, 0.25) is 0 Å². The first kappa shape index (κ1) is 17.9. The molecule has 0 saturated heterocycles. The molecule has 1 rings (SSSR count). The van der Waals surface area contributed by atoms with E-state index in [2.05, 4.69) is 40.4 Å². The molecule has 20 heavy (non-hydrogen) atoms. The second-order valence-corrected chi connectivity index (χ2v) is 12.1. The van der Waals surface area contributed by atoms with Gasteiger partial charge in [-0.25, -0.2) is 0 Å². The van der Waals surface area contributed by atoms with Gasteiger partial charge in [-0.2, -0.15) is 0 Å². The van der Waals surface area contributed by atoms with Crippen LogP contribution in [0.1, 0.15) is 33.6 Å². The predicted molar refractivity (Wildman–Crippen MR) is 86.3 cm³/mol. The smallest absolute Gasteiger partial charge is 0.192 e. The molecule has 0 heterocycles. The fraction of sp³-hybridized carbons (Fsp3) is 0.875. The van der Waals surface area contributed by atoms with Crippen LogP contribution in [0.3, 0.4) is 0 Å². The molecule has 118 valence electrons. The first-order valence-electron chi connectivity index (χ1n) is 7.54. The highest BCUT2D eigenvalue weighted by atomic mass is 28.4. The molecule has 0 bridgehead atoms. The van der Waals surface area contributed by atoms with E-state index in [4.69, 9.17) is 13.9 Å². The van der Waals surface area contributed by atoms with E-state index in [1.807, 2.05) is 6.08 Å². The molecule has 1 aliphatic carbocycles. The van der Waals surface area contributed by atoms with Crippen LogP contribution in [0, 0.1) is 11.8 Å². The monoisotopic (exact) mass is 300 g/mol. The molecule has 0 aromatic carbocycles. The van der Waals surface area contributed by atoms with Crippen molar-refractivity contribution in [1.29, 1.82) is 0 Å². The van der Waals surface area contributed by atoms with Crippen LogP contribution in [-0.4, -0.2) is 34.9 Å². The highest BCUT2D eigenvalue weighted by Gasteiger charge is 2.45. The summed E-state index contributed by atoms with van der Waals surface area (Å²) >= 11 is 0. The molecular formula is C16H32O3Si. The fourth-order valence-electron chi connectivity index (χ4n) is 2.80. The Balaban J connectivity index is 2.81. The van der Waals surface area contributed by atoms with E-state index in [9.17, 15) is 0 Å². The van der Waals surface area contributed by atoms with Gasteiger partial charge in [0.15, 0.2) is 14.6 Å². The standard InChI is InChI=1S/C16H32O3Si/c1-9-12-13(15(17-5)18-6)10-11-14(12)19-20(7,8)16(2,3)4/h9,12-15H,1,10-11H2,2-8H3/t12-,13-,14-/m0/s1. The summed E-state index contributed by atoms with van der Waals surface area (Å²) in [5, 5.41) is 0.235. The maximum absolute atomic E-state index is 6.59. The van der Waals surface area contributed by atoms with Crippen molar-refractivity contribution in [1.82, 2.24) is 0 Å². The summed E-state index contributed by atoms with van der Waals surface area (Å²) in [6.07, 6.45) is 4.26. The largest absolute Gasteiger partial charge is 0.413 e. The topological polar surface area (TPSA) is 27.7 Å². The summed E-state index contributed by atoms with van der Waals surface area (Å²) in [5.74, 6) is 0.659. The summed E-state index contributed by atoms with van der Waals surface area (Å²) in [5.41, 5.74) is 0. The third-order valence-electron chi connectivity index (χ3n) is 5.05. The van der Waals surface area contributed by atoms with Crippen molar-refractivity contribution in [2.45, 2.75) is 64.1 Å². The van der Waals surface area contributed by atoms with Crippen LogP contribution in [0.25, 0.3) is 0 Å². The highest BCUT2D eigenvalue weighted by molar-refractivity contribution is 6.74. The molecule has 0 aliphatic heterocycles. The molecule has 0 N–H and O–H groups in total. The lowest BCUT2D eigenvalue weighted by Crippen LogP contribution is -2.45. The molecule has 0 aromatic heterocycles. The van der Waals surface area contributed by atoms with Gasteiger partial charge < -0.3 is 13.9 Å². The Labute approximate surface area is 125 Å². The van der Waals surface area contributed by atoms with E-state index in [0.29, 0.717) is 11.8 Å². The molecule has 3 nitrogen and oxygen atoms in total. The molecule has 0 unspecified atom stereocenters. The van der Waals surface area contributed by atoms with Crippen LogP contribution < -0.4 is 0 Å². The summed E-state index contributed by atoms with van der Waals surface area (Å²) in [6.45, 7) is 15.5. The van der Waals surface area contributed by atoms with Gasteiger partial charge in [0, 0.05) is 26.1 Å². The molecule has 0 amide bonds. The summed E-state index contributed by atoms with van der Waals surface area (Å²) in [6, 6.07) is 0. The van der Waals surface area contributed by atoms with Crippen molar-refractivity contribution in [3.63, 3.8) is 0 Å². The predicted octanol–water partition coefficient (Wildman–Crippen LogP) is 4.21. The van der Waals surface area contributed by atoms with Gasteiger partial charge >= 0.3 is 0 Å². The Kier molecular flexibility index (Phi) is 6.02. The normalized spacial score (nSPS) is 28.1. The van der Waals surface area contributed by atoms with Crippen LogP contribution in [0.4, 0.5) is 0 Å². The van der Waals surface area contributed by atoms with E-state index in [1.165, 1.54) is 0 Å². The van der Waals surface area contributed by atoms with E-state index in [0.717, 1.165) is 12.8 Å². The summed E-state index contributed by atoms with van der Waals surface area (Å²) in [4.78, 5) is 0. The second kappa shape index (κ2) is 6.73. The second-order valence-electron chi connectivity index (χ2n) is 7.31. The fourth-order valence-corrected chi connectivity index (χ4v) is 4.19. The molecule has 1 aliphatic rings. The molecule has 1 fully saturated rings. The minimum Gasteiger partial charge on any atom is -0.413 e. The van der Waals surface area contributed by atoms with E-state index < -0.39 is 8.32 Å². The van der Waals surface area contributed by atoms with Crippen molar-refractivity contribution in [2.24, 2.45) is 11.8 Å². The van der Waals surface area contributed by atoms with Gasteiger partial charge in [0.1, 0.15) is 0 Å². The molecule has 0 spiro atoms. The third-order valence-corrected chi connectivity index (χ3v) is 9.55. The van der Waals surface area contributed by atoms with E-state index in [1.54, 1.807) is 14.2 Å². The van der Waals surface area contributed by atoms with Crippen molar-refractivity contribution in [2.75, 3.05) is 14.2 Å². The molecule has 4 heteroatoms. The molecule has 0 aromatic rings. The number of ether oxygens (including phenoxy) is 2. The minimum atomic E-state index is -1.74. The van der Waals surface area contributed by atoms with Crippen molar-refractivity contribution < 1.29 is 13.9 Å². The average Bonchev–Trinajstić information content (AvgIpc) is 2.71. The summed E-state index contributed by atoms with van der Waals surface area (Å²) < 4.78 is 17.5. The maximum Gasteiger partial charge on any atom is 0.192 e. The SMILES string of the molecule is C=C[C@@H]1[C@@H](O[Si](C)(C)C(C)(C)C)CC[C@@H]1C(OC)OC. The zero-order valence-corrected chi connectivity index (χ0v) is 15.2. The van der Waals surface area contributed by atoms with Crippen LogP contribution in [0.15, 0.2) is 12.7 Å². The lowest BCUT2D eigenvalue weighted by molar-refractivity contribution is -0.143. The summed E-state index contributed by atoms with van der Waals surface area (Å²) in [7, 11) is 1.67. The number of methoxy groups -OCH3 is 2. The average molecular weight is 301 g/mol. The Bertz CT molecular complexity index is 318. The van der Waals surface area contributed by atoms with Gasteiger partial charge in [-0.15, -0.1) is 6.58 Å².